The third kappa shape index (κ3) is 3.96. The van der Waals surface area contributed by atoms with Gasteiger partial charge < -0.3 is 0 Å². The third-order valence-electron chi connectivity index (χ3n) is 0.178. The van der Waals surface area contributed by atoms with E-state index in [0.717, 1.165) is 5.54 Å². The standard InChI is InChI=1S/C3H4ClF/c4-2-1-3-5/h1-2H,3H2/b2-1+. The molecule has 0 nitrogen and oxygen atoms in total. The largest absolute Gasteiger partial charge is 0.247 e. The zero-order chi connectivity index (χ0) is 4.12. The highest BCUT2D eigenvalue weighted by atomic mass is 35.5. The summed E-state index contributed by atoms with van der Waals surface area (Å²) in [4.78, 5) is 0. The highest BCUT2D eigenvalue weighted by molar-refractivity contribution is 6.25. The van der Waals surface area contributed by atoms with E-state index in [1.54, 1.807) is 0 Å². The van der Waals surface area contributed by atoms with Crippen molar-refractivity contribution in [3.8, 4) is 0 Å². The minimum Gasteiger partial charge on any atom is -0.247 e. The van der Waals surface area contributed by atoms with Crippen LogP contribution in [0.15, 0.2) is 11.6 Å². The molecule has 0 saturated carbocycles. The van der Waals surface area contributed by atoms with Crippen LogP contribution in [-0.4, -0.2) is 6.67 Å². The van der Waals surface area contributed by atoms with Crippen molar-refractivity contribution in [2.24, 2.45) is 0 Å². The molecule has 0 atom stereocenters. The van der Waals surface area contributed by atoms with Crippen LogP contribution < -0.4 is 0 Å². The number of hydrogen-bond acceptors (Lipinski definition) is 0. The second-order valence-corrected chi connectivity index (χ2v) is 0.768. The lowest BCUT2D eigenvalue weighted by molar-refractivity contribution is 0.562. The zero-order valence-corrected chi connectivity index (χ0v) is 3.37. The molecule has 0 spiro atoms. The Morgan fingerprint density at radius 1 is 1.80 bits per heavy atom. The van der Waals surface area contributed by atoms with Crippen LogP contribution in [0.1, 0.15) is 0 Å². The first-order valence-electron chi connectivity index (χ1n) is 1.23. The SMILES string of the molecule is FC/C=C/Cl. The van der Waals surface area contributed by atoms with Crippen LogP contribution in [0.2, 0.25) is 0 Å². The van der Waals surface area contributed by atoms with Gasteiger partial charge in [0.15, 0.2) is 0 Å². The van der Waals surface area contributed by atoms with Crippen LogP contribution in [0.3, 0.4) is 0 Å². The molecule has 0 aromatic rings. The van der Waals surface area contributed by atoms with Crippen LogP contribution in [0.5, 0.6) is 0 Å². The smallest absolute Gasteiger partial charge is 0.109 e. The Labute approximate surface area is 35.2 Å². The van der Waals surface area contributed by atoms with Crippen molar-refractivity contribution < 1.29 is 4.39 Å². The average Bonchev–Trinajstić information content (AvgIpc) is 1.41. The van der Waals surface area contributed by atoms with E-state index in [1.165, 1.54) is 6.08 Å². The van der Waals surface area contributed by atoms with E-state index in [-0.39, 0.29) is 0 Å². The molecule has 0 heterocycles. The summed E-state index contributed by atoms with van der Waals surface area (Å²) in [6.45, 7) is -0.469. The van der Waals surface area contributed by atoms with Crippen LogP contribution in [0.4, 0.5) is 4.39 Å². The van der Waals surface area contributed by atoms with Crippen molar-refractivity contribution in [1.82, 2.24) is 0 Å². The summed E-state index contributed by atoms with van der Waals surface area (Å²) < 4.78 is 10.8. The maximum Gasteiger partial charge on any atom is 0.109 e. The highest BCUT2D eigenvalue weighted by Gasteiger charge is 1.57. The van der Waals surface area contributed by atoms with Gasteiger partial charge in [-0.2, -0.15) is 0 Å². The predicted molar refractivity (Wildman–Crippen MR) is 21.0 cm³/mol. The number of rotatable bonds is 1. The minimum atomic E-state index is -0.469. The average molecular weight is 94.5 g/mol. The van der Waals surface area contributed by atoms with Crippen molar-refractivity contribution in [3.63, 3.8) is 0 Å². The Bertz CT molecular complexity index is 33.9. The van der Waals surface area contributed by atoms with Crippen LogP contribution in [0.25, 0.3) is 0 Å². The van der Waals surface area contributed by atoms with Crippen LogP contribution >= 0.6 is 11.6 Å². The van der Waals surface area contributed by atoms with Gasteiger partial charge >= 0.3 is 0 Å². The molecule has 0 rings (SSSR count). The first kappa shape index (κ1) is 4.96. The molecule has 0 saturated heterocycles. The van der Waals surface area contributed by atoms with E-state index in [4.69, 9.17) is 11.6 Å². The summed E-state index contributed by atoms with van der Waals surface area (Å²) >= 11 is 4.88. The van der Waals surface area contributed by atoms with Crippen molar-refractivity contribution in [3.05, 3.63) is 11.6 Å². The van der Waals surface area contributed by atoms with Gasteiger partial charge in [0.25, 0.3) is 0 Å². The van der Waals surface area contributed by atoms with Gasteiger partial charge in [-0.05, 0) is 6.08 Å². The van der Waals surface area contributed by atoms with E-state index in [2.05, 4.69) is 0 Å². The Morgan fingerprint density at radius 3 is 2.40 bits per heavy atom. The van der Waals surface area contributed by atoms with Gasteiger partial charge in [0.1, 0.15) is 6.67 Å². The normalized spacial score (nSPS) is 10.0. The molecular weight excluding hydrogens is 90.5 g/mol. The van der Waals surface area contributed by atoms with Gasteiger partial charge in [0.05, 0.1) is 0 Å². The van der Waals surface area contributed by atoms with Crippen LogP contribution in [-0.2, 0) is 0 Å². The molecule has 0 aliphatic heterocycles. The van der Waals surface area contributed by atoms with E-state index < -0.39 is 6.67 Å². The van der Waals surface area contributed by atoms with E-state index in [1.807, 2.05) is 0 Å². The van der Waals surface area contributed by atoms with E-state index in [0.29, 0.717) is 0 Å². The molecule has 30 valence electrons. The molecule has 2 heteroatoms. The maximum absolute atomic E-state index is 10.8. The van der Waals surface area contributed by atoms with E-state index in [9.17, 15) is 4.39 Å². The lowest BCUT2D eigenvalue weighted by atomic mass is 10.7. The monoisotopic (exact) mass is 94.0 g/mol. The molecule has 0 aromatic carbocycles. The number of alkyl halides is 1. The van der Waals surface area contributed by atoms with Gasteiger partial charge in [-0.25, -0.2) is 4.39 Å². The predicted octanol–water partition coefficient (Wildman–Crippen LogP) is 1.71. The fourth-order valence-corrected chi connectivity index (χ4v) is 0.101. The Kier molecular flexibility index (Phi) is 3.93. The molecule has 5 heavy (non-hydrogen) atoms. The molecule has 0 unspecified atom stereocenters. The van der Waals surface area contributed by atoms with Crippen molar-refractivity contribution in [1.29, 1.82) is 0 Å². The van der Waals surface area contributed by atoms with Gasteiger partial charge in [0, 0.05) is 5.54 Å². The summed E-state index contributed by atoms with van der Waals surface area (Å²) in [6, 6.07) is 0. The second-order valence-electron chi connectivity index (χ2n) is 0.516. The summed E-state index contributed by atoms with van der Waals surface area (Å²) in [5, 5.41) is 0. The fourth-order valence-electron chi connectivity index (χ4n) is 0.0337. The second kappa shape index (κ2) is 3.96. The van der Waals surface area contributed by atoms with Crippen LogP contribution in [0, 0.1) is 0 Å². The number of halogens is 2. The highest BCUT2D eigenvalue weighted by Crippen LogP contribution is 1.75. The number of hydrogen-bond donors (Lipinski definition) is 0. The zero-order valence-electron chi connectivity index (χ0n) is 2.62. The molecule has 0 bridgehead atoms. The summed E-state index contributed by atoms with van der Waals surface area (Å²) in [5.74, 6) is 0. The Morgan fingerprint density at radius 2 is 2.40 bits per heavy atom. The fraction of sp³-hybridized carbons (Fsp3) is 0.333. The topological polar surface area (TPSA) is 0 Å². The lowest BCUT2D eigenvalue weighted by Gasteiger charge is -1.60. The molecule has 0 N–H and O–H groups in total. The Hall–Kier alpha value is -0.0400. The molecule has 0 fully saturated rings. The van der Waals surface area contributed by atoms with E-state index >= 15 is 0 Å². The van der Waals surface area contributed by atoms with Gasteiger partial charge in [0.2, 0.25) is 0 Å². The summed E-state index contributed by atoms with van der Waals surface area (Å²) in [5.41, 5.74) is 1.15. The number of allylic oxidation sites excluding steroid dienone is 1. The first-order valence-corrected chi connectivity index (χ1v) is 1.66. The van der Waals surface area contributed by atoms with Gasteiger partial charge in [-0.3, -0.25) is 0 Å². The summed E-state index contributed by atoms with van der Waals surface area (Å²) in [7, 11) is 0. The quantitative estimate of drug-likeness (QED) is 0.464. The third-order valence-corrected chi connectivity index (χ3v) is 0.356. The Balaban J connectivity index is 2.62. The van der Waals surface area contributed by atoms with Gasteiger partial charge in [-0.1, -0.05) is 11.6 Å². The van der Waals surface area contributed by atoms with Gasteiger partial charge in [-0.15, -0.1) is 0 Å². The molecule has 0 aromatic heterocycles. The molecular formula is C3H4ClF. The maximum atomic E-state index is 10.8. The molecule has 0 aliphatic rings. The first-order chi connectivity index (χ1) is 2.41. The summed E-state index contributed by atoms with van der Waals surface area (Å²) in [6.07, 6.45) is 1.22. The molecule has 0 amide bonds. The van der Waals surface area contributed by atoms with Crippen molar-refractivity contribution in [2.45, 2.75) is 0 Å². The lowest BCUT2D eigenvalue weighted by Crippen LogP contribution is -1.51. The molecule has 0 radical (unpaired) electrons. The minimum absolute atomic E-state index is 0.469. The molecule has 0 aliphatic carbocycles. The van der Waals surface area contributed by atoms with Crippen molar-refractivity contribution in [2.75, 3.05) is 6.67 Å². The van der Waals surface area contributed by atoms with Crippen molar-refractivity contribution >= 4 is 11.6 Å².